The average molecular weight is 237 g/mol. The number of nitrogens with one attached hydrogen (secondary N) is 1. The predicted octanol–water partition coefficient (Wildman–Crippen LogP) is 2.91. The molecule has 1 aromatic carbocycles. The van der Waals surface area contributed by atoms with E-state index in [9.17, 15) is 4.39 Å². The molecule has 0 aromatic heterocycles. The summed E-state index contributed by atoms with van der Waals surface area (Å²) in [6.07, 6.45) is 4.40. The van der Waals surface area contributed by atoms with Crippen molar-refractivity contribution in [3.8, 4) is 5.75 Å². The Balaban J connectivity index is 1.73. The van der Waals surface area contributed by atoms with Crippen molar-refractivity contribution >= 4 is 0 Å². The van der Waals surface area contributed by atoms with Crippen LogP contribution >= 0.6 is 0 Å². The van der Waals surface area contributed by atoms with Crippen LogP contribution in [-0.2, 0) is 6.42 Å². The zero-order chi connectivity index (χ0) is 12.1. The second-order valence-corrected chi connectivity index (χ2v) is 4.59. The lowest BCUT2D eigenvalue weighted by Gasteiger charge is -2.10. The third kappa shape index (κ3) is 3.43. The van der Waals surface area contributed by atoms with Crippen molar-refractivity contribution < 1.29 is 9.13 Å². The average Bonchev–Trinajstić information content (AvgIpc) is 2.70. The lowest BCUT2D eigenvalue weighted by Crippen LogP contribution is -2.19. The van der Waals surface area contributed by atoms with Gasteiger partial charge in [-0.2, -0.15) is 0 Å². The van der Waals surface area contributed by atoms with E-state index in [1.54, 1.807) is 12.1 Å². The Morgan fingerprint density at radius 2 is 2.29 bits per heavy atom. The van der Waals surface area contributed by atoms with Gasteiger partial charge in [0.15, 0.2) is 0 Å². The monoisotopic (exact) mass is 237 g/mol. The molecule has 2 nitrogen and oxygen atoms in total. The second-order valence-electron chi connectivity index (χ2n) is 4.59. The first-order valence-corrected chi connectivity index (χ1v) is 6.45. The first-order valence-electron chi connectivity index (χ1n) is 6.45. The number of hydrogen-bond acceptors (Lipinski definition) is 2. The van der Waals surface area contributed by atoms with E-state index < -0.39 is 0 Å². The van der Waals surface area contributed by atoms with Crippen LogP contribution in [0.3, 0.4) is 0 Å². The molecule has 1 unspecified atom stereocenters. The molecule has 0 amide bonds. The first-order chi connectivity index (χ1) is 8.29. The van der Waals surface area contributed by atoms with Crippen LogP contribution in [0.4, 0.5) is 4.39 Å². The van der Waals surface area contributed by atoms with Gasteiger partial charge >= 0.3 is 0 Å². The molecule has 1 N–H and O–H groups in total. The van der Waals surface area contributed by atoms with Crippen LogP contribution in [-0.4, -0.2) is 19.2 Å². The van der Waals surface area contributed by atoms with E-state index >= 15 is 0 Å². The van der Waals surface area contributed by atoms with Crippen molar-refractivity contribution in [2.24, 2.45) is 0 Å². The Labute approximate surface area is 102 Å². The lowest BCUT2D eigenvalue weighted by molar-refractivity contribution is 0.217. The van der Waals surface area contributed by atoms with E-state index in [2.05, 4.69) is 12.2 Å². The lowest BCUT2D eigenvalue weighted by atomic mass is 10.1. The van der Waals surface area contributed by atoms with Gasteiger partial charge in [0.1, 0.15) is 17.7 Å². The Hall–Kier alpha value is -1.09. The summed E-state index contributed by atoms with van der Waals surface area (Å²) in [4.78, 5) is 0. The minimum atomic E-state index is -0.169. The van der Waals surface area contributed by atoms with Gasteiger partial charge in [0, 0.05) is 12.0 Å². The Kier molecular flexibility index (Phi) is 4.37. The summed E-state index contributed by atoms with van der Waals surface area (Å²) in [5.41, 5.74) is 1.01. The number of halogens is 1. The molecule has 0 aliphatic carbocycles. The van der Waals surface area contributed by atoms with E-state index in [-0.39, 0.29) is 11.9 Å². The van der Waals surface area contributed by atoms with Gasteiger partial charge in [0.25, 0.3) is 0 Å². The molecular formula is C14H20FNO. The maximum Gasteiger partial charge on any atom is 0.123 e. The summed E-state index contributed by atoms with van der Waals surface area (Å²) in [5.74, 6) is 0.690. The van der Waals surface area contributed by atoms with Crippen molar-refractivity contribution in [3.63, 3.8) is 0 Å². The number of fused-ring (bicyclic) bond motifs is 1. The summed E-state index contributed by atoms with van der Waals surface area (Å²) in [6.45, 7) is 4.29. The highest BCUT2D eigenvalue weighted by Gasteiger charge is 2.22. The van der Waals surface area contributed by atoms with Crippen LogP contribution in [0.1, 0.15) is 31.7 Å². The van der Waals surface area contributed by atoms with Gasteiger partial charge in [-0.1, -0.05) is 6.92 Å². The summed E-state index contributed by atoms with van der Waals surface area (Å²) < 4.78 is 18.8. The normalized spacial score (nSPS) is 17.9. The van der Waals surface area contributed by atoms with Crippen molar-refractivity contribution in [3.05, 3.63) is 29.6 Å². The van der Waals surface area contributed by atoms with Crippen LogP contribution in [0.2, 0.25) is 0 Å². The molecule has 1 aliphatic rings. The fourth-order valence-electron chi connectivity index (χ4n) is 2.21. The smallest absolute Gasteiger partial charge is 0.123 e. The van der Waals surface area contributed by atoms with E-state index in [4.69, 9.17) is 4.74 Å². The van der Waals surface area contributed by atoms with Gasteiger partial charge in [0.2, 0.25) is 0 Å². The van der Waals surface area contributed by atoms with E-state index in [0.717, 1.165) is 43.7 Å². The summed E-state index contributed by atoms with van der Waals surface area (Å²) in [6, 6.07) is 4.79. The standard InChI is InChI=1S/C14H20FNO/c1-2-7-16-8-3-4-13-10-11-9-12(15)5-6-14(11)17-13/h5-6,9,13,16H,2-4,7-8,10H2,1H3. The highest BCUT2D eigenvalue weighted by atomic mass is 19.1. The third-order valence-corrected chi connectivity index (χ3v) is 3.07. The molecule has 17 heavy (non-hydrogen) atoms. The quantitative estimate of drug-likeness (QED) is 0.768. The molecule has 0 bridgehead atoms. The van der Waals surface area contributed by atoms with Crippen LogP contribution in [0.15, 0.2) is 18.2 Å². The molecule has 1 aliphatic heterocycles. The maximum absolute atomic E-state index is 13.0. The predicted molar refractivity (Wildman–Crippen MR) is 66.9 cm³/mol. The summed E-state index contributed by atoms with van der Waals surface area (Å²) in [7, 11) is 0. The SMILES string of the molecule is CCCNCCCC1Cc2cc(F)ccc2O1. The Morgan fingerprint density at radius 3 is 3.12 bits per heavy atom. The topological polar surface area (TPSA) is 21.3 Å². The third-order valence-electron chi connectivity index (χ3n) is 3.07. The van der Waals surface area contributed by atoms with Gasteiger partial charge in [-0.3, -0.25) is 0 Å². The number of benzene rings is 1. The van der Waals surface area contributed by atoms with Crippen LogP contribution < -0.4 is 10.1 Å². The largest absolute Gasteiger partial charge is 0.490 e. The molecule has 3 heteroatoms. The highest BCUT2D eigenvalue weighted by molar-refractivity contribution is 5.37. The zero-order valence-electron chi connectivity index (χ0n) is 10.3. The number of ether oxygens (including phenoxy) is 1. The molecule has 0 saturated carbocycles. The van der Waals surface area contributed by atoms with Crippen LogP contribution in [0.5, 0.6) is 5.75 Å². The fourth-order valence-corrected chi connectivity index (χ4v) is 2.21. The first kappa shape index (κ1) is 12.4. The fraction of sp³-hybridized carbons (Fsp3) is 0.571. The number of rotatable bonds is 6. The molecule has 1 aromatic rings. The minimum absolute atomic E-state index is 0.169. The van der Waals surface area contributed by atoms with E-state index in [1.165, 1.54) is 12.5 Å². The minimum Gasteiger partial charge on any atom is -0.490 e. The van der Waals surface area contributed by atoms with Crippen molar-refractivity contribution in [2.75, 3.05) is 13.1 Å². The molecule has 0 saturated heterocycles. The van der Waals surface area contributed by atoms with Crippen molar-refractivity contribution in [1.29, 1.82) is 0 Å². The molecule has 0 spiro atoms. The molecule has 0 radical (unpaired) electrons. The molecule has 2 rings (SSSR count). The summed E-state index contributed by atoms with van der Waals surface area (Å²) in [5, 5.41) is 3.37. The number of hydrogen-bond donors (Lipinski definition) is 1. The van der Waals surface area contributed by atoms with Crippen molar-refractivity contribution in [1.82, 2.24) is 5.32 Å². The van der Waals surface area contributed by atoms with E-state index in [0.29, 0.717) is 0 Å². The van der Waals surface area contributed by atoms with Gasteiger partial charge in [-0.05, 0) is 50.6 Å². The van der Waals surface area contributed by atoms with Gasteiger partial charge in [-0.25, -0.2) is 4.39 Å². The van der Waals surface area contributed by atoms with E-state index in [1.807, 2.05) is 0 Å². The molecule has 1 atom stereocenters. The van der Waals surface area contributed by atoms with Gasteiger partial charge in [0.05, 0.1) is 0 Å². The summed E-state index contributed by atoms with van der Waals surface area (Å²) >= 11 is 0. The van der Waals surface area contributed by atoms with Gasteiger partial charge < -0.3 is 10.1 Å². The molecular weight excluding hydrogens is 217 g/mol. The van der Waals surface area contributed by atoms with Crippen LogP contribution in [0.25, 0.3) is 0 Å². The zero-order valence-corrected chi connectivity index (χ0v) is 10.3. The van der Waals surface area contributed by atoms with Crippen molar-refractivity contribution in [2.45, 2.75) is 38.7 Å². The maximum atomic E-state index is 13.0. The molecule has 0 fully saturated rings. The highest BCUT2D eigenvalue weighted by Crippen LogP contribution is 2.30. The molecule has 1 heterocycles. The second kappa shape index (κ2) is 6.01. The Morgan fingerprint density at radius 1 is 1.41 bits per heavy atom. The molecule has 94 valence electrons. The van der Waals surface area contributed by atoms with Gasteiger partial charge in [-0.15, -0.1) is 0 Å². The van der Waals surface area contributed by atoms with Crippen LogP contribution in [0, 0.1) is 5.82 Å². The Bertz CT molecular complexity index is 367.